The molecule has 0 aliphatic heterocycles. The topological polar surface area (TPSA) is 76.7 Å². The van der Waals surface area contributed by atoms with Gasteiger partial charge in [-0.05, 0) is 24.6 Å². The molecule has 0 aliphatic carbocycles. The Kier molecular flexibility index (Phi) is 2.45. The van der Waals surface area contributed by atoms with E-state index in [1.54, 1.807) is 24.7 Å². The van der Waals surface area contributed by atoms with Gasteiger partial charge in [0, 0.05) is 12.4 Å². The van der Waals surface area contributed by atoms with Crippen molar-refractivity contribution in [2.45, 2.75) is 6.92 Å². The van der Waals surface area contributed by atoms with Crippen molar-refractivity contribution >= 4 is 17.5 Å². The lowest BCUT2D eigenvalue weighted by molar-refractivity contribution is 1.16. The molecule has 0 aliphatic rings. The van der Waals surface area contributed by atoms with Crippen LogP contribution in [0.25, 0.3) is 0 Å². The van der Waals surface area contributed by atoms with Crippen LogP contribution in [0, 0.1) is 6.92 Å². The number of aryl methyl sites for hydroxylation is 1. The zero-order valence-electron chi connectivity index (χ0n) is 8.31. The minimum atomic E-state index is 0.438. The number of nitrogen functional groups attached to an aromatic ring is 1. The summed E-state index contributed by atoms with van der Waals surface area (Å²) in [7, 11) is 0. The Morgan fingerprint density at radius 2 is 2.20 bits per heavy atom. The van der Waals surface area contributed by atoms with Gasteiger partial charge in [-0.1, -0.05) is 0 Å². The van der Waals surface area contributed by atoms with Gasteiger partial charge in [-0.3, -0.25) is 4.98 Å². The van der Waals surface area contributed by atoms with Crippen LogP contribution in [0.4, 0.5) is 17.5 Å². The lowest BCUT2D eigenvalue weighted by atomic mass is 10.3. The van der Waals surface area contributed by atoms with Crippen molar-refractivity contribution in [3.8, 4) is 0 Å². The van der Waals surface area contributed by atoms with E-state index in [-0.39, 0.29) is 0 Å². The third kappa shape index (κ3) is 2.40. The normalized spacial score (nSPS) is 9.93. The third-order valence-electron chi connectivity index (χ3n) is 1.81. The maximum atomic E-state index is 5.54. The van der Waals surface area contributed by atoms with E-state index in [1.165, 1.54) is 0 Å². The second kappa shape index (κ2) is 3.91. The summed E-state index contributed by atoms with van der Waals surface area (Å²) >= 11 is 0. The average Bonchev–Trinajstić information content (AvgIpc) is 2.17. The summed E-state index contributed by atoms with van der Waals surface area (Å²) in [5, 5.41) is 3.02. The van der Waals surface area contributed by atoms with Crippen LogP contribution < -0.4 is 11.1 Å². The Bertz CT molecular complexity index is 425. The van der Waals surface area contributed by atoms with E-state index in [1.807, 2.05) is 13.0 Å². The number of nitrogens with two attached hydrogens (primary N) is 1. The van der Waals surface area contributed by atoms with Gasteiger partial charge in [-0.15, -0.1) is 0 Å². The summed E-state index contributed by atoms with van der Waals surface area (Å²) in [4.78, 5) is 12.1. The number of nitrogens with zero attached hydrogens (tertiary/aromatic N) is 3. The molecule has 5 nitrogen and oxygen atoms in total. The second-order valence-electron chi connectivity index (χ2n) is 3.18. The molecule has 3 N–H and O–H groups in total. The van der Waals surface area contributed by atoms with Gasteiger partial charge < -0.3 is 11.1 Å². The van der Waals surface area contributed by atoms with E-state index in [4.69, 9.17) is 5.73 Å². The highest BCUT2D eigenvalue weighted by molar-refractivity contribution is 5.53. The van der Waals surface area contributed by atoms with Crippen LogP contribution in [-0.2, 0) is 0 Å². The lowest BCUT2D eigenvalue weighted by Gasteiger charge is -2.04. The molecule has 0 saturated carbocycles. The lowest BCUT2D eigenvalue weighted by Crippen LogP contribution is -1.99. The summed E-state index contributed by atoms with van der Waals surface area (Å²) in [5.74, 6) is 0.913. The predicted molar refractivity (Wildman–Crippen MR) is 58.7 cm³/mol. The number of anilines is 3. The molecule has 0 spiro atoms. The van der Waals surface area contributed by atoms with Gasteiger partial charge in [0.25, 0.3) is 0 Å². The molecule has 0 aromatic carbocycles. The Balaban J connectivity index is 2.22. The summed E-state index contributed by atoms with van der Waals surface area (Å²) in [5.41, 5.74) is 7.46. The number of nitrogens with one attached hydrogen (secondary N) is 1. The van der Waals surface area contributed by atoms with E-state index < -0.39 is 0 Å². The maximum absolute atomic E-state index is 5.54. The fourth-order valence-corrected chi connectivity index (χ4v) is 1.19. The quantitative estimate of drug-likeness (QED) is 0.770. The maximum Gasteiger partial charge on any atom is 0.229 e. The SMILES string of the molecule is Cc1cncc(Nc2nccc(N)n2)c1. The van der Waals surface area contributed by atoms with Gasteiger partial charge in [-0.25, -0.2) is 4.98 Å². The smallest absolute Gasteiger partial charge is 0.229 e. The molecule has 0 bridgehead atoms. The van der Waals surface area contributed by atoms with Crippen molar-refractivity contribution in [2.75, 3.05) is 11.1 Å². The molecule has 0 saturated heterocycles. The average molecular weight is 201 g/mol. The summed E-state index contributed by atoms with van der Waals surface area (Å²) in [6.45, 7) is 1.97. The van der Waals surface area contributed by atoms with E-state index >= 15 is 0 Å². The summed E-state index contributed by atoms with van der Waals surface area (Å²) in [6.07, 6.45) is 5.10. The summed E-state index contributed by atoms with van der Waals surface area (Å²) < 4.78 is 0. The first kappa shape index (κ1) is 9.39. The van der Waals surface area contributed by atoms with Crippen LogP contribution >= 0.6 is 0 Å². The predicted octanol–water partition coefficient (Wildman–Crippen LogP) is 1.51. The van der Waals surface area contributed by atoms with Crippen molar-refractivity contribution in [2.24, 2.45) is 0 Å². The Morgan fingerprint density at radius 3 is 2.93 bits per heavy atom. The standard InChI is InChI=1S/C10H11N5/c1-7-4-8(6-12-5-7)14-10-13-3-2-9(11)15-10/h2-6H,1H3,(H3,11,13,14,15). The highest BCUT2D eigenvalue weighted by atomic mass is 15.1. The number of pyridine rings is 1. The molecule has 0 radical (unpaired) electrons. The second-order valence-corrected chi connectivity index (χ2v) is 3.18. The molecule has 0 amide bonds. The van der Waals surface area contributed by atoms with Gasteiger partial charge in [0.15, 0.2) is 0 Å². The van der Waals surface area contributed by atoms with Crippen molar-refractivity contribution < 1.29 is 0 Å². The minimum Gasteiger partial charge on any atom is -0.384 e. The molecular formula is C10H11N5. The van der Waals surface area contributed by atoms with Crippen molar-refractivity contribution in [3.05, 3.63) is 36.3 Å². The van der Waals surface area contributed by atoms with Crippen LogP contribution in [0.5, 0.6) is 0 Å². The number of hydrogen-bond acceptors (Lipinski definition) is 5. The van der Waals surface area contributed by atoms with Crippen LogP contribution in [0.1, 0.15) is 5.56 Å². The molecule has 15 heavy (non-hydrogen) atoms. The highest BCUT2D eigenvalue weighted by Gasteiger charge is 1.98. The monoisotopic (exact) mass is 201 g/mol. The van der Waals surface area contributed by atoms with E-state index in [2.05, 4.69) is 20.3 Å². The zero-order chi connectivity index (χ0) is 10.7. The Hall–Kier alpha value is -2.17. The van der Waals surface area contributed by atoms with Crippen LogP contribution in [0.15, 0.2) is 30.7 Å². The molecule has 2 aromatic heterocycles. The molecular weight excluding hydrogens is 190 g/mol. The Morgan fingerprint density at radius 1 is 1.33 bits per heavy atom. The molecule has 5 heteroatoms. The van der Waals surface area contributed by atoms with Crippen molar-refractivity contribution in [1.82, 2.24) is 15.0 Å². The first-order valence-corrected chi connectivity index (χ1v) is 4.51. The molecule has 76 valence electrons. The van der Waals surface area contributed by atoms with Gasteiger partial charge >= 0.3 is 0 Å². The van der Waals surface area contributed by atoms with Crippen molar-refractivity contribution in [1.29, 1.82) is 0 Å². The van der Waals surface area contributed by atoms with E-state index in [0.717, 1.165) is 11.3 Å². The number of hydrogen-bond donors (Lipinski definition) is 2. The third-order valence-corrected chi connectivity index (χ3v) is 1.81. The van der Waals surface area contributed by atoms with E-state index in [0.29, 0.717) is 11.8 Å². The molecule has 2 aromatic rings. The van der Waals surface area contributed by atoms with Gasteiger partial charge in [0.1, 0.15) is 5.82 Å². The van der Waals surface area contributed by atoms with Gasteiger partial charge in [-0.2, -0.15) is 4.98 Å². The molecule has 0 fully saturated rings. The largest absolute Gasteiger partial charge is 0.384 e. The zero-order valence-corrected chi connectivity index (χ0v) is 8.31. The minimum absolute atomic E-state index is 0.438. The molecule has 2 rings (SSSR count). The van der Waals surface area contributed by atoms with Crippen LogP contribution in [-0.4, -0.2) is 15.0 Å². The van der Waals surface area contributed by atoms with Crippen LogP contribution in [0.3, 0.4) is 0 Å². The summed E-state index contributed by atoms with van der Waals surface area (Å²) in [6, 6.07) is 3.60. The van der Waals surface area contributed by atoms with Crippen LogP contribution in [0.2, 0.25) is 0 Å². The number of aromatic nitrogens is 3. The fourth-order valence-electron chi connectivity index (χ4n) is 1.19. The van der Waals surface area contributed by atoms with Gasteiger partial charge in [0.2, 0.25) is 5.95 Å². The number of rotatable bonds is 2. The van der Waals surface area contributed by atoms with Gasteiger partial charge in [0.05, 0.1) is 11.9 Å². The van der Waals surface area contributed by atoms with E-state index in [9.17, 15) is 0 Å². The first-order chi connectivity index (χ1) is 7.24. The van der Waals surface area contributed by atoms with Crippen molar-refractivity contribution in [3.63, 3.8) is 0 Å². The highest BCUT2D eigenvalue weighted by Crippen LogP contribution is 2.12. The molecule has 2 heterocycles. The fraction of sp³-hybridized carbons (Fsp3) is 0.100. The molecule has 0 unspecified atom stereocenters. The molecule has 0 atom stereocenters. The Labute approximate surface area is 87.4 Å². The first-order valence-electron chi connectivity index (χ1n) is 4.51.